The summed E-state index contributed by atoms with van der Waals surface area (Å²) in [5.41, 5.74) is 1.18. The van der Waals surface area contributed by atoms with Crippen molar-refractivity contribution >= 4 is 11.6 Å². The number of methoxy groups -OCH3 is 1. The summed E-state index contributed by atoms with van der Waals surface area (Å²) in [7, 11) is 1.70. The fourth-order valence-corrected chi connectivity index (χ4v) is 5.03. The second-order valence-corrected chi connectivity index (χ2v) is 8.23. The maximum absolute atomic E-state index is 12.6. The minimum absolute atomic E-state index is 0.244. The van der Waals surface area contributed by atoms with Gasteiger partial charge in [-0.25, -0.2) is 0 Å². The van der Waals surface area contributed by atoms with Crippen LogP contribution in [0.2, 0.25) is 0 Å². The van der Waals surface area contributed by atoms with Crippen LogP contribution >= 0.6 is 0 Å². The van der Waals surface area contributed by atoms with Crippen molar-refractivity contribution < 1.29 is 9.53 Å². The lowest BCUT2D eigenvalue weighted by molar-refractivity contribution is -0.123. The summed E-state index contributed by atoms with van der Waals surface area (Å²) in [5, 5.41) is 6.97. The average molecular weight is 357 g/mol. The van der Waals surface area contributed by atoms with Gasteiger partial charge in [0.15, 0.2) is 0 Å². The number of ether oxygens (including phenoxy) is 1. The minimum Gasteiger partial charge on any atom is -0.497 e. The molecule has 0 aliphatic carbocycles. The average Bonchev–Trinajstić information content (AvgIpc) is 3.00. The Labute approximate surface area is 156 Å². The number of rotatable bonds is 5. The van der Waals surface area contributed by atoms with Gasteiger partial charge >= 0.3 is 0 Å². The third kappa shape index (κ3) is 4.14. The van der Waals surface area contributed by atoms with E-state index in [-0.39, 0.29) is 11.9 Å². The quantitative estimate of drug-likeness (QED) is 0.851. The number of nitrogens with zero attached hydrogens (tertiary/aromatic N) is 1. The number of piperidine rings is 2. The Bertz CT molecular complexity index is 623. The molecule has 5 nitrogen and oxygen atoms in total. The van der Waals surface area contributed by atoms with E-state index in [1.165, 1.54) is 31.4 Å². The predicted octanol–water partition coefficient (Wildman–Crippen LogP) is 2.70. The zero-order valence-corrected chi connectivity index (χ0v) is 15.7. The van der Waals surface area contributed by atoms with E-state index in [9.17, 15) is 4.79 Å². The molecule has 3 unspecified atom stereocenters. The smallest absolute Gasteiger partial charge is 0.220 e. The van der Waals surface area contributed by atoms with Gasteiger partial charge in [-0.15, -0.1) is 0 Å². The Kier molecular flexibility index (Phi) is 5.34. The molecule has 0 aromatic heterocycles. The molecule has 2 N–H and O–H groups in total. The standard InChI is InChI=1S/C21H31N3O2/c1-26-20-6-2-5-19(13-20)24-9-3-4-18(14-24)23-21(25)12-15-10-16-7-8-17(11-15)22-16/h2,5-6,13,15-18,22H,3-4,7-12,14H2,1H3,(H,23,25). The van der Waals surface area contributed by atoms with Crippen molar-refractivity contribution in [3.63, 3.8) is 0 Å². The molecular weight excluding hydrogens is 326 g/mol. The summed E-state index contributed by atoms with van der Waals surface area (Å²) in [5.74, 6) is 1.69. The first-order valence-corrected chi connectivity index (χ1v) is 10.1. The molecule has 142 valence electrons. The zero-order valence-electron chi connectivity index (χ0n) is 15.7. The molecule has 3 atom stereocenters. The molecule has 1 aromatic rings. The minimum atomic E-state index is 0.244. The van der Waals surface area contributed by atoms with Crippen LogP contribution in [0.25, 0.3) is 0 Å². The molecule has 4 rings (SSSR count). The van der Waals surface area contributed by atoms with E-state index >= 15 is 0 Å². The van der Waals surface area contributed by atoms with Crippen molar-refractivity contribution in [2.45, 2.75) is 63.1 Å². The molecule has 3 saturated heterocycles. The maximum atomic E-state index is 12.6. The number of amides is 1. The highest BCUT2D eigenvalue weighted by Crippen LogP contribution is 2.32. The van der Waals surface area contributed by atoms with Gasteiger partial charge in [0.05, 0.1) is 7.11 Å². The van der Waals surface area contributed by atoms with Crippen molar-refractivity contribution in [2.75, 3.05) is 25.1 Å². The highest BCUT2D eigenvalue weighted by molar-refractivity contribution is 5.76. The van der Waals surface area contributed by atoms with Gasteiger partial charge in [0.25, 0.3) is 0 Å². The van der Waals surface area contributed by atoms with Gasteiger partial charge in [0.2, 0.25) is 5.91 Å². The van der Waals surface area contributed by atoms with E-state index in [0.29, 0.717) is 24.4 Å². The molecule has 0 radical (unpaired) electrons. The predicted molar refractivity (Wildman–Crippen MR) is 104 cm³/mol. The number of carbonyl (C=O) groups excluding carboxylic acids is 1. The largest absolute Gasteiger partial charge is 0.497 e. The van der Waals surface area contributed by atoms with E-state index in [2.05, 4.69) is 27.7 Å². The van der Waals surface area contributed by atoms with Gasteiger partial charge in [0, 0.05) is 49.4 Å². The van der Waals surface area contributed by atoms with Crippen LogP contribution in [0.3, 0.4) is 0 Å². The molecule has 26 heavy (non-hydrogen) atoms. The Morgan fingerprint density at radius 3 is 2.85 bits per heavy atom. The molecule has 0 spiro atoms. The SMILES string of the molecule is COc1cccc(N2CCCC(NC(=O)CC3CC4CCC(C3)N4)C2)c1. The molecule has 3 fully saturated rings. The second-order valence-electron chi connectivity index (χ2n) is 8.23. The van der Waals surface area contributed by atoms with E-state index in [4.69, 9.17) is 4.74 Å². The molecule has 3 aliphatic rings. The Morgan fingerprint density at radius 2 is 2.08 bits per heavy atom. The lowest BCUT2D eigenvalue weighted by Gasteiger charge is -2.35. The van der Waals surface area contributed by atoms with Crippen molar-refractivity contribution in [2.24, 2.45) is 5.92 Å². The molecule has 2 bridgehead atoms. The van der Waals surface area contributed by atoms with Crippen LogP contribution in [-0.2, 0) is 4.79 Å². The zero-order chi connectivity index (χ0) is 17.9. The Balaban J connectivity index is 1.29. The number of nitrogens with one attached hydrogen (secondary N) is 2. The van der Waals surface area contributed by atoms with Crippen molar-refractivity contribution in [3.05, 3.63) is 24.3 Å². The van der Waals surface area contributed by atoms with E-state index < -0.39 is 0 Å². The lowest BCUT2D eigenvalue weighted by atomic mass is 9.89. The van der Waals surface area contributed by atoms with Gasteiger partial charge < -0.3 is 20.3 Å². The Hall–Kier alpha value is -1.75. The summed E-state index contributed by atoms with van der Waals surface area (Å²) in [6, 6.07) is 9.77. The van der Waals surface area contributed by atoms with Crippen LogP contribution in [0.15, 0.2) is 24.3 Å². The molecule has 5 heteroatoms. The van der Waals surface area contributed by atoms with Gasteiger partial charge in [-0.1, -0.05) is 6.07 Å². The van der Waals surface area contributed by atoms with Crippen LogP contribution in [-0.4, -0.2) is 44.2 Å². The van der Waals surface area contributed by atoms with Gasteiger partial charge in [-0.2, -0.15) is 0 Å². The highest BCUT2D eigenvalue weighted by atomic mass is 16.5. The van der Waals surface area contributed by atoms with Crippen LogP contribution in [0.5, 0.6) is 5.75 Å². The fraction of sp³-hybridized carbons (Fsp3) is 0.667. The van der Waals surface area contributed by atoms with E-state index in [1.54, 1.807) is 7.11 Å². The monoisotopic (exact) mass is 357 g/mol. The normalized spacial score (nSPS) is 30.9. The maximum Gasteiger partial charge on any atom is 0.220 e. The van der Waals surface area contributed by atoms with Crippen LogP contribution in [0.1, 0.15) is 44.9 Å². The first kappa shape index (κ1) is 17.7. The van der Waals surface area contributed by atoms with Crippen molar-refractivity contribution in [3.8, 4) is 5.75 Å². The van der Waals surface area contributed by atoms with Gasteiger partial charge in [-0.05, 0) is 56.6 Å². The fourth-order valence-electron chi connectivity index (χ4n) is 5.03. The van der Waals surface area contributed by atoms with Crippen LogP contribution in [0.4, 0.5) is 5.69 Å². The van der Waals surface area contributed by atoms with Crippen molar-refractivity contribution in [1.82, 2.24) is 10.6 Å². The molecule has 3 aliphatic heterocycles. The van der Waals surface area contributed by atoms with Gasteiger partial charge in [-0.3, -0.25) is 4.79 Å². The molecule has 1 aromatic carbocycles. The molecule has 3 heterocycles. The second kappa shape index (κ2) is 7.87. The summed E-state index contributed by atoms with van der Waals surface area (Å²) in [6.07, 6.45) is 7.81. The lowest BCUT2D eigenvalue weighted by Crippen LogP contribution is -2.48. The number of hydrogen-bond donors (Lipinski definition) is 2. The molecule has 0 saturated carbocycles. The van der Waals surface area contributed by atoms with E-state index in [0.717, 1.165) is 31.7 Å². The number of fused-ring (bicyclic) bond motifs is 2. The molecular formula is C21H31N3O2. The summed E-state index contributed by atoms with van der Waals surface area (Å²) in [4.78, 5) is 14.9. The van der Waals surface area contributed by atoms with Crippen LogP contribution in [0, 0.1) is 5.92 Å². The summed E-state index contributed by atoms with van der Waals surface area (Å²) < 4.78 is 5.34. The Morgan fingerprint density at radius 1 is 1.27 bits per heavy atom. The van der Waals surface area contributed by atoms with Gasteiger partial charge in [0.1, 0.15) is 5.75 Å². The van der Waals surface area contributed by atoms with E-state index in [1.807, 2.05) is 12.1 Å². The number of benzene rings is 1. The molecule has 1 amide bonds. The number of anilines is 1. The van der Waals surface area contributed by atoms with Crippen LogP contribution < -0.4 is 20.3 Å². The number of carbonyl (C=O) groups is 1. The topological polar surface area (TPSA) is 53.6 Å². The first-order valence-electron chi connectivity index (χ1n) is 10.1. The van der Waals surface area contributed by atoms with Crippen molar-refractivity contribution in [1.29, 1.82) is 0 Å². The summed E-state index contributed by atoms with van der Waals surface area (Å²) >= 11 is 0. The first-order chi connectivity index (χ1) is 12.7. The third-order valence-electron chi connectivity index (χ3n) is 6.25. The number of hydrogen-bond acceptors (Lipinski definition) is 4. The summed E-state index contributed by atoms with van der Waals surface area (Å²) in [6.45, 7) is 1.92. The third-order valence-corrected chi connectivity index (χ3v) is 6.25. The highest BCUT2D eigenvalue weighted by Gasteiger charge is 2.34.